The Labute approximate surface area is 126 Å². The molecule has 0 N–H and O–H groups in total. The molecule has 0 spiro atoms. The normalized spacial score (nSPS) is 10.3. The van der Waals surface area contributed by atoms with Crippen LogP contribution in [0.1, 0.15) is 11.1 Å². The third-order valence-corrected chi connectivity index (χ3v) is 3.62. The molecule has 19 heavy (non-hydrogen) atoms. The molecule has 0 saturated heterocycles. The smallest absolute Gasteiger partial charge is 0.169 e. The van der Waals surface area contributed by atoms with Gasteiger partial charge in [-0.1, -0.05) is 12.1 Å². The Morgan fingerprint density at radius 1 is 1.05 bits per heavy atom. The first kappa shape index (κ1) is 14.2. The van der Waals surface area contributed by atoms with Gasteiger partial charge in [-0.05, 0) is 58.2 Å². The van der Waals surface area contributed by atoms with Gasteiger partial charge in [-0.3, -0.25) is 0 Å². The van der Waals surface area contributed by atoms with Gasteiger partial charge < -0.3 is 9.47 Å². The van der Waals surface area contributed by atoms with E-state index in [1.807, 2.05) is 43.3 Å². The fraction of sp³-hybridized carbons (Fsp3) is 0.200. The van der Waals surface area contributed by atoms with Crippen LogP contribution in [0.3, 0.4) is 0 Å². The van der Waals surface area contributed by atoms with Crippen molar-refractivity contribution in [2.24, 2.45) is 0 Å². The molecule has 0 amide bonds. The van der Waals surface area contributed by atoms with E-state index < -0.39 is 0 Å². The zero-order chi connectivity index (χ0) is 13.8. The van der Waals surface area contributed by atoms with Crippen molar-refractivity contribution in [3.05, 3.63) is 52.0 Å². The van der Waals surface area contributed by atoms with E-state index in [1.165, 1.54) is 0 Å². The molecule has 4 heteroatoms. The molecule has 0 aliphatic rings. The number of hydrogen-bond donors (Lipinski definition) is 0. The zero-order valence-electron chi connectivity index (χ0n) is 10.7. The molecule has 2 rings (SSSR count). The van der Waals surface area contributed by atoms with E-state index in [0.717, 1.165) is 21.3 Å². The maximum Gasteiger partial charge on any atom is 0.169 e. The van der Waals surface area contributed by atoms with E-state index in [4.69, 9.17) is 21.1 Å². The van der Waals surface area contributed by atoms with Crippen LogP contribution in [0.2, 0.25) is 0 Å². The number of halogens is 2. The highest BCUT2D eigenvalue weighted by Crippen LogP contribution is 2.36. The van der Waals surface area contributed by atoms with Gasteiger partial charge in [0.15, 0.2) is 11.5 Å². The lowest BCUT2D eigenvalue weighted by molar-refractivity contribution is 0.378. The molecule has 2 nitrogen and oxygen atoms in total. The highest BCUT2D eigenvalue weighted by molar-refractivity contribution is 9.10. The maximum absolute atomic E-state index is 5.87. The van der Waals surface area contributed by atoms with Gasteiger partial charge in [0.05, 0.1) is 11.6 Å². The van der Waals surface area contributed by atoms with Crippen LogP contribution in [0.5, 0.6) is 17.2 Å². The Hall–Kier alpha value is -1.19. The van der Waals surface area contributed by atoms with Crippen molar-refractivity contribution >= 4 is 27.5 Å². The summed E-state index contributed by atoms with van der Waals surface area (Å²) in [4.78, 5) is 0. The molecule has 0 bridgehead atoms. The molecule has 2 aromatic carbocycles. The van der Waals surface area contributed by atoms with Gasteiger partial charge in [0.2, 0.25) is 0 Å². The van der Waals surface area contributed by atoms with Crippen molar-refractivity contribution in [1.82, 2.24) is 0 Å². The van der Waals surface area contributed by atoms with Gasteiger partial charge in [-0.25, -0.2) is 0 Å². The van der Waals surface area contributed by atoms with Gasteiger partial charge >= 0.3 is 0 Å². The fourth-order valence-corrected chi connectivity index (χ4v) is 2.36. The van der Waals surface area contributed by atoms with E-state index in [1.54, 1.807) is 7.11 Å². The summed E-state index contributed by atoms with van der Waals surface area (Å²) in [5.41, 5.74) is 2.16. The number of alkyl halides is 1. The van der Waals surface area contributed by atoms with Gasteiger partial charge in [-0.2, -0.15) is 0 Å². The molecule has 0 saturated carbocycles. The van der Waals surface area contributed by atoms with Gasteiger partial charge in [0, 0.05) is 5.88 Å². The maximum atomic E-state index is 5.87. The van der Waals surface area contributed by atoms with Crippen molar-refractivity contribution in [1.29, 1.82) is 0 Å². The standard InChI is InChI=1S/C15H14BrClO2/c1-10-3-5-14(15(7-10)18-2)19-13-6-4-11(9-17)8-12(13)16/h3-8H,9H2,1-2H3. The quantitative estimate of drug-likeness (QED) is 0.703. The van der Waals surface area contributed by atoms with Crippen LogP contribution in [0.15, 0.2) is 40.9 Å². The summed E-state index contributed by atoms with van der Waals surface area (Å²) in [6.45, 7) is 2.01. The molecule has 0 aliphatic heterocycles. The van der Waals surface area contributed by atoms with Crippen LogP contribution in [0, 0.1) is 6.92 Å². The van der Waals surface area contributed by atoms with Crippen molar-refractivity contribution in [2.75, 3.05) is 7.11 Å². The van der Waals surface area contributed by atoms with Crippen LogP contribution in [0.4, 0.5) is 0 Å². The van der Waals surface area contributed by atoms with Gasteiger partial charge in [0.25, 0.3) is 0 Å². The minimum absolute atomic E-state index is 0.479. The molecular formula is C15H14BrClO2. The summed E-state index contributed by atoms with van der Waals surface area (Å²) in [6.07, 6.45) is 0. The second kappa shape index (κ2) is 6.31. The number of benzene rings is 2. The molecule has 0 radical (unpaired) electrons. The number of ether oxygens (including phenoxy) is 2. The van der Waals surface area contributed by atoms with E-state index in [2.05, 4.69) is 15.9 Å². The summed E-state index contributed by atoms with van der Waals surface area (Å²) < 4.78 is 12.1. The lowest BCUT2D eigenvalue weighted by Gasteiger charge is -2.12. The largest absolute Gasteiger partial charge is 0.493 e. The first-order valence-corrected chi connectivity index (χ1v) is 7.13. The summed E-state index contributed by atoms with van der Waals surface area (Å²) in [6, 6.07) is 11.6. The molecule has 2 aromatic rings. The van der Waals surface area contributed by atoms with Crippen LogP contribution >= 0.6 is 27.5 Å². The second-order valence-electron chi connectivity index (χ2n) is 4.15. The molecule has 100 valence electrons. The monoisotopic (exact) mass is 340 g/mol. The third-order valence-electron chi connectivity index (χ3n) is 2.69. The van der Waals surface area contributed by atoms with Crippen molar-refractivity contribution in [3.63, 3.8) is 0 Å². The Kier molecular flexibility index (Phi) is 4.72. The predicted octanol–water partition coefficient (Wildman–Crippen LogP) is 5.30. The summed E-state index contributed by atoms with van der Waals surface area (Å²) in [5, 5.41) is 0. The molecule has 0 unspecified atom stereocenters. The molecule has 0 heterocycles. The lowest BCUT2D eigenvalue weighted by atomic mass is 10.2. The van der Waals surface area contributed by atoms with E-state index >= 15 is 0 Å². The molecule has 0 atom stereocenters. The zero-order valence-corrected chi connectivity index (χ0v) is 13.1. The lowest BCUT2D eigenvalue weighted by Crippen LogP contribution is -1.92. The summed E-state index contributed by atoms with van der Waals surface area (Å²) in [7, 11) is 1.63. The van der Waals surface area contributed by atoms with Gasteiger partial charge in [-0.15, -0.1) is 11.6 Å². The van der Waals surface area contributed by atoms with Gasteiger partial charge in [0.1, 0.15) is 5.75 Å². The predicted molar refractivity (Wildman–Crippen MR) is 81.5 cm³/mol. The summed E-state index contributed by atoms with van der Waals surface area (Å²) >= 11 is 9.28. The first-order chi connectivity index (χ1) is 9.13. The first-order valence-electron chi connectivity index (χ1n) is 5.81. The number of rotatable bonds is 4. The van der Waals surface area contributed by atoms with Crippen LogP contribution in [-0.2, 0) is 5.88 Å². The van der Waals surface area contributed by atoms with Crippen LogP contribution < -0.4 is 9.47 Å². The van der Waals surface area contributed by atoms with E-state index in [0.29, 0.717) is 17.4 Å². The SMILES string of the molecule is COc1cc(C)ccc1Oc1ccc(CCl)cc1Br. The number of methoxy groups -OCH3 is 1. The molecule has 0 aliphatic carbocycles. The molecule has 0 fully saturated rings. The molecular weight excluding hydrogens is 328 g/mol. The topological polar surface area (TPSA) is 18.5 Å². The van der Waals surface area contributed by atoms with Crippen LogP contribution in [-0.4, -0.2) is 7.11 Å². The molecule has 0 aromatic heterocycles. The average Bonchev–Trinajstić information content (AvgIpc) is 2.42. The Balaban J connectivity index is 2.31. The van der Waals surface area contributed by atoms with Crippen molar-refractivity contribution in [3.8, 4) is 17.2 Å². The Morgan fingerprint density at radius 3 is 2.42 bits per heavy atom. The van der Waals surface area contributed by atoms with Crippen molar-refractivity contribution < 1.29 is 9.47 Å². The number of hydrogen-bond acceptors (Lipinski definition) is 2. The number of aryl methyl sites for hydroxylation is 1. The Bertz CT molecular complexity index is 584. The average molecular weight is 342 g/mol. The second-order valence-corrected chi connectivity index (χ2v) is 5.28. The van der Waals surface area contributed by atoms with Crippen LogP contribution in [0.25, 0.3) is 0 Å². The highest BCUT2D eigenvalue weighted by atomic mass is 79.9. The highest BCUT2D eigenvalue weighted by Gasteiger charge is 2.08. The fourth-order valence-electron chi connectivity index (χ4n) is 1.69. The minimum atomic E-state index is 0.479. The van der Waals surface area contributed by atoms with Crippen molar-refractivity contribution in [2.45, 2.75) is 12.8 Å². The minimum Gasteiger partial charge on any atom is -0.493 e. The Morgan fingerprint density at radius 2 is 1.79 bits per heavy atom. The summed E-state index contributed by atoms with van der Waals surface area (Å²) in [5.74, 6) is 2.61. The van der Waals surface area contributed by atoms with E-state index in [9.17, 15) is 0 Å². The van der Waals surface area contributed by atoms with E-state index in [-0.39, 0.29) is 0 Å². The third kappa shape index (κ3) is 3.43.